The van der Waals surface area contributed by atoms with Gasteiger partial charge in [-0.05, 0) is 31.5 Å². The third-order valence-electron chi connectivity index (χ3n) is 2.76. The fourth-order valence-corrected chi connectivity index (χ4v) is 1.59. The average molecular weight is 252 g/mol. The van der Waals surface area contributed by atoms with Crippen LogP contribution in [0.2, 0.25) is 0 Å². The smallest absolute Gasteiger partial charge is 0.314 e. The van der Waals surface area contributed by atoms with E-state index >= 15 is 0 Å². The molecule has 1 aromatic carbocycles. The maximum Gasteiger partial charge on any atom is 0.314 e. The lowest BCUT2D eigenvalue weighted by Crippen LogP contribution is -2.21. The van der Waals surface area contributed by atoms with E-state index in [0.717, 1.165) is 0 Å². The molecule has 5 heteroatoms. The molecule has 0 fully saturated rings. The number of hydrogen-bond donors (Lipinski definition) is 1. The van der Waals surface area contributed by atoms with Crippen molar-refractivity contribution < 1.29 is 24.2 Å². The molecular weight excluding hydrogens is 236 g/mol. The molecule has 0 saturated heterocycles. The van der Waals surface area contributed by atoms with Crippen molar-refractivity contribution in [2.45, 2.75) is 13.8 Å². The van der Waals surface area contributed by atoms with E-state index in [9.17, 15) is 9.59 Å². The maximum atomic E-state index is 12.0. The molecule has 1 unspecified atom stereocenters. The summed E-state index contributed by atoms with van der Waals surface area (Å²) in [4.78, 5) is 22.8. The minimum Gasteiger partial charge on any atom is -0.493 e. The van der Waals surface area contributed by atoms with Crippen LogP contribution in [0.25, 0.3) is 0 Å². The lowest BCUT2D eigenvalue weighted by molar-refractivity contribution is -0.139. The van der Waals surface area contributed by atoms with Crippen LogP contribution < -0.4 is 9.47 Å². The van der Waals surface area contributed by atoms with Crippen LogP contribution in [0.5, 0.6) is 11.5 Å². The molecule has 5 nitrogen and oxygen atoms in total. The molecular formula is C13H16O5. The Labute approximate surface area is 105 Å². The zero-order valence-corrected chi connectivity index (χ0v) is 10.8. The Morgan fingerprint density at radius 3 is 2.11 bits per heavy atom. The lowest BCUT2D eigenvalue weighted by atomic mass is 9.95. The minimum atomic E-state index is -1.14. The van der Waals surface area contributed by atoms with Gasteiger partial charge in [0.15, 0.2) is 17.3 Å². The predicted octanol–water partition coefficient (Wildman–Crippen LogP) is 1.92. The SMILES string of the molecule is COc1cc(C)c(C(=O)C(C)C(=O)O)cc1OC. The van der Waals surface area contributed by atoms with Crippen molar-refractivity contribution in [1.82, 2.24) is 0 Å². The molecule has 98 valence electrons. The van der Waals surface area contributed by atoms with Crippen molar-refractivity contribution >= 4 is 11.8 Å². The molecule has 1 atom stereocenters. The molecule has 0 aliphatic rings. The number of Topliss-reactive ketones (excluding diaryl/α,β-unsaturated/α-hetero) is 1. The Kier molecular flexibility index (Phi) is 4.31. The summed E-state index contributed by atoms with van der Waals surface area (Å²) >= 11 is 0. The zero-order valence-electron chi connectivity index (χ0n) is 10.8. The number of ether oxygens (including phenoxy) is 2. The first-order valence-corrected chi connectivity index (χ1v) is 5.42. The minimum absolute atomic E-state index is 0.336. The molecule has 18 heavy (non-hydrogen) atoms. The van der Waals surface area contributed by atoms with Gasteiger partial charge in [0.25, 0.3) is 0 Å². The second-order valence-corrected chi connectivity index (χ2v) is 3.95. The Hall–Kier alpha value is -2.04. The molecule has 0 radical (unpaired) electrons. The fourth-order valence-electron chi connectivity index (χ4n) is 1.59. The van der Waals surface area contributed by atoms with E-state index < -0.39 is 17.7 Å². The number of rotatable bonds is 5. The first kappa shape index (κ1) is 14.0. The van der Waals surface area contributed by atoms with Crippen molar-refractivity contribution in [1.29, 1.82) is 0 Å². The second kappa shape index (κ2) is 5.53. The molecule has 0 spiro atoms. The molecule has 0 aromatic heterocycles. The quantitative estimate of drug-likeness (QED) is 0.640. The highest BCUT2D eigenvalue weighted by Gasteiger charge is 2.24. The van der Waals surface area contributed by atoms with Gasteiger partial charge in [-0.2, -0.15) is 0 Å². The molecule has 0 heterocycles. The number of ketones is 1. The number of aryl methyl sites for hydroxylation is 1. The number of hydrogen-bond acceptors (Lipinski definition) is 4. The van der Waals surface area contributed by atoms with E-state index in [1.807, 2.05) is 0 Å². The lowest BCUT2D eigenvalue weighted by Gasteiger charge is -2.13. The monoisotopic (exact) mass is 252 g/mol. The van der Waals surface area contributed by atoms with E-state index in [1.165, 1.54) is 27.2 Å². The van der Waals surface area contributed by atoms with Crippen molar-refractivity contribution in [3.63, 3.8) is 0 Å². The van der Waals surface area contributed by atoms with Crippen LogP contribution in [0.3, 0.4) is 0 Å². The number of carbonyl (C=O) groups excluding carboxylic acids is 1. The van der Waals surface area contributed by atoms with E-state index in [4.69, 9.17) is 14.6 Å². The van der Waals surface area contributed by atoms with Crippen molar-refractivity contribution in [2.24, 2.45) is 5.92 Å². The molecule has 1 rings (SSSR count). The van der Waals surface area contributed by atoms with Crippen LogP contribution in [0.1, 0.15) is 22.8 Å². The van der Waals surface area contributed by atoms with Crippen molar-refractivity contribution in [3.8, 4) is 11.5 Å². The Balaban J connectivity index is 3.25. The van der Waals surface area contributed by atoms with Gasteiger partial charge < -0.3 is 14.6 Å². The first-order valence-electron chi connectivity index (χ1n) is 5.42. The molecule has 1 aromatic rings. The highest BCUT2D eigenvalue weighted by atomic mass is 16.5. The van der Waals surface area contributed by atoms with E-state index in [2.05, 4.69) is 0 Å². The van der Waals surface area contributed by atoms with Gasteiger partial charge in [-0.25, -0.2) is 0 Å². The predicted molar refractivity (Wildman–Crippen MR) is 65.4 cm³/mol. The third kappa shape index (κ3) is 2.61. The second-order valence-electron chi connectivity index (χ2n) is 3.95. The summed E-state index contributed by atoms with van der Waals surface area (Å²) in [6.45, 7) is 3.09. The molecule has 0 bridgehead atoms. The van der Waals surface area contributed by atoms with Crippen LogP contribution in [0.4, 0.5) is 0 Å². The van der Waals surface area contributed by atoms with Crippen LogP contribution >= 0.6 is 0 Å². The van der Waals surface area contributed by atoms with E-state index in [-0.39, 0.29) is 0 Å². The first-order chi connectivity index (χ1) is 8.42. The summed E-state index contributed by atoms with van der Waals surface area (Å²) in [5.41, 5.74) is 0.994. The van der Waals surface area contributed by atoms with Gasteiger partial charge in [-0.1, -0.05) is 0 Å². The number of carbonyl (C=O) groups is 2. The summed E-state index contributed by atoms with van der Waals surface area (Å²) in [7, 11) is 2.96. The van der Waals surface area contributed by atoms with Gasteiger partial charge in [0, 0.05) is 5.56 Å². The summed E-state index contributed by atoms with van der Waals surface area (Å²) in [6, 6.07) is 3.16. The number of carboxylic acids is 1. The Morgan fingerprint density at radius 2 is 1.67 bits per heavy atom. The molecule has 0 aliphatic carbocycles. The van der Waals surface area contributed by atoms with Crippen LogP contribution in [-0.4, -0.2) is 31.1 Å². The highest BCUT2D eigenvalue weighted by Crippen LogP contribution is 2.31. The van der Waals surface area contributed by atoms with Crippen LogP contribution in [0.15, 0.2) is 12.1 Å². The standard InChI is InChI=1S/C13H16O5/c1-7-5-10(17-3)11(18-4)6-9(7)12(14)8(2)13(15)16/h5-6,8H,1-4H3,(H,15,16). The van der Waals surface area contributed by atoms with Gasteiger partial charge in [-0.3, -0.25) is 9.59 Å². The molecule has 0 amide bonds. The average Bonchev–Trinajstić information content (AvgIpc) is 2.36. The van der Waals surface area contributed by atoms with E-state index in [1.54, 1.807) is 13.0 Å². The summed E-state index contributed by atoms with van der Waals surface area (Å²) in [5.74, 6) is -1.75. The Morgan fingerprint density at radius 1 is 1.17 bits per heavy atom. The van der Waals surface area contributed by atoms with Crippen molar-refractivity contribution in [3.05, 3.63) is 23.3 Å². The highest BCUT2D eigenvalue weighted by molar-refractivity contribution is 6.09. The van der Waals surface area contributed by atoms with E-state index in [0.29, 0.717) is 22.6 Å². The van der Waals surface area contributed by atoms with Gasteiger partial charge in [0.1, 0.15) is 5.92 Å². The number of aliphatic carboxylic acids is 1. The third-order valence-corrected chi connectivity index (χ3v) is 2.76. The Bertz CT molecular complexity index is 479. The van der Waals surface area contributed by atoms with Crippen molar-refractivity contribution in [2.75, 3.05) is 14.2 Å². The summed E-state index contributed by atoms with van der Waals surface area (Å²) < 4.78 is 10.2. The van der Waals surface area contributed by atoms with Crippen LogP contribution in [-0.2, 0) is 4.79 Å². The van der Waals surface area contributed by atoms with Gasteiger partial charge in [0.2, 0.25) is 0 Å². The maximum absolute atomic E-state index is 12.0. The van der Waals surface area contributed by atoms with Gasteiger partial charge in [0.05, 0.1) is 14.2 Å². The molecule has 1 N–H and O–H groups in total. The summed E-state index contributed by atoms with van der Waals surface area (Å²) in [6.07, 6.45) is 0. The number of methoxy groups -OCH3 is 2. The molecule has 0 aliphatic heterocycles. The molecule has 0 saturated carbocycles. The fraction of sp³-hybridized carbons (Fsp3) is 0.385. The topological polar surface area (TPSA) is 72.8 Å². The van der Waals surface area contributed by atoms with Crippen LogP contribution in [0, 0.1) is 12.8 Å². The van der Waals surface area contributed by atoms with Gasteiger partial charge >= 0.3 is 5.97 Å². The zero-order chi connectivity index (χ0) is 13.9. The largest absolute Gasteiger partial charge is 0.493 e. The summed E-state index contributed by atoms with van der Waals surface area (Å²) in [5, 5.41) is 8.86. The number of carboxylic acid groups (broad SMARTS) is 1. The normalized spacial score (nSPS) is 11.8. The van der Waals surface area contributed by atoms with Gasteiger partial charge in [-0.15, -0.1) is 0 Å². The number of benzene rings is 1.